The van der Waals surface area contributed by atoms with Gasteiger partial charge in [-0.25, -0.2) is 4.98 Å². The summed E-state index contributed by atoms with van der Waals surface area (Å²) in [6, 6.07) is 9.82. The van der Waals surface area contributed by atoms with Gasteiger partial charge in [-0.15, -0.1) is 0 Å². The SMILES string of the molecule is COc1ccnc(NCc2ccc(CN)cc2)n1. The van der Waals surface area contributed by atoms with Crippen LogP contribution in [0.1, 0.15) is 11.1 Å². The van der Waals surface area contributed by atoms with Crippen LogP contribution in [0, 0.1) is 0 Å². The number of anilines is 1. The monoisotopic (exact) mass is 244 g/mol. The van der Waals surface area contributed by atoms with Gasteiger partial charge < -0.3 is 15.8 Å². The van der Waals surface area contributed by atoms with Crippen LogP contribution in [-0.4, -0.2) is 17.1 Å². The van der Waals surface area contributed by atoms with E-state index < -0.39 is 0 Å². The fourth-order valence-corrected chi connectivity index (χ4v) is 1.52. The van der Waals surface area contributed by atoms with Crippen LogP contribution in [-0.2, 0) is 13.1 Å². The summed E-state index contributed by atoms with van der Waals surface area (Å²) in [4.78, 5) is 8.29. The van der Waals surface area contributed by atoms with Crippen molar-refractivity contribution in [3.8, 4) is 5.88 Å². The third-order valence-corrected chi connectivity index (χ3v) is 2.55. The minimum atomic E-state index is 0.547. The maximum Gasteiger partial charge on any atom is 0.226 e. The van der Waals surface area contributed by atoms with E-state index in [4.69, 9.17) is 10.5 Å². The second-order valence-corrected chi connectivity index (χ2v) is 3.80. The average Bonchev–Trinajstić information content (AvgIpc) is 2.46. The molecule has 0 atom stereocenters. The van der Waals surface area contributed by atoms with Gasteiger partial charge in [-0.3, -0.25) is 0 Å². The van der Waals surface area contributed by atoms with Crippen molar-refractivity contribution < 1.29 is 4.74 Å². The summed E-state index contributed by atoms with van der Waals surface area (Å²) in [7, 11) is 1.58. The number of hydrogen-bond acceptors (Lipinski definition) is 5. The lowest BCUT2D eigenvalue weighted by atomic mass is 10.1. The number of nitrogens with two attached hydrogens (primary N) is 1. The van der Waals surface area contributed by atoms with Gasteiger partial charge in [-0.05, 0) is 11.1 Å². The predicted octanol–water partition coefficient (Wildman–Crippen LogP) is 1.56. The van der Waals surface area contributed by atoms with Crippen molar-refractivity contribution in [2.24, 2.45) is 5.73 Å². The van der Waals surface area contributed by atoms with Crippen LogP contribution in [0.25, 0.3) is 0 Å². The summed E-state index contributed by atoms with van der Waals surface area (Å²) in [5, 5.41) is 3.14. The third kappa shape index (κ3) is 3.18. The molecule has 5 heteroatoms. The zero-order valence-corrected chi connectivity index (χ0v) is 10.3. The lowest BCUT2D eigenvalue weighted by Gasteiger charge is -2.06. The summed E-state index contributed by atoms with van der Waals surface area (Å²) in [6.07, 6.45) is 1.66. The highest BCUT2D eigenvalue weighted by atomic mass is 16.5. The molecule has 3 N–H and O–H groups in total. The summed E-state index contributed by atoms with van der Waals surface area (Å²) in [5.74, 6) is 1.10. The van der Waals surface area contributed by atoms with E-state index in [1.165, 1.54) is 0 Å². The Morgan fingerprint density at radius 1 is 1.17 bits per heavy atom. The van der Waals surface area contributed by atoms with Crippen molar-refractivity contribution in [2.75, 3.05) is 12.4 Å². The molecule has 0 unspecified atom stereocenters. The summed E-state index contributed by atoms with van der Waals surface area (Å²) in [6.45, 7) is 1.23. The Hall–Kier alpha value is -2.14. The number of ether oxygens (including phenoxy) is 1. The fraction of sp³-hybridized carbons (Fsp3) is 0.231. The first-order valence-electron chi connectivity index (χ1n) is 5.70. The molecule has 18 heavy (non-hydrogen) atoms. The first kappa shape index (κ1) is 12.3. The molecule has 1 aromatic carbocycles. The van der Waals surface area contributed by atoms with Gasteiger partial charge in [0, 0.05) is 25.4 Å². The summed E-state index contributed by atoms with van der Waals surface area (Å²) in [5.41, 5.74) is 7.82. The second kappa shape index (κ2) is 5.97. The van der Waals surface area contributed by atoms with Crippen molar-refractivity contribution in [1.29, 1.82) is 0 Å². The van der Waals surface area contributed by atoms with Crippen LogP contribution in [0.15, 0.2) is 36.5 Å². The number of methoxy groups -OCH3 is 1. The lowest BCUT2D eigenvalue weighted by molar-refractivity contribution is 0.397. The first-order chi connectivity index (χ1) is 8.81. The van der Waals surface area contributed by atoms with Crippen molar-refractivity contribution >= 4 is 5.95 Å². The molecule has 0 saturated carbocycles. The van der Waals surface area contributed by atoms with Crippen LogP contribution in [0.4, 0.5) is 5.95 Å². The standard InChI is InChI=1S/C13H16N4O/c1-18-12-6-7-15-13(17-12)16-9-11-4-2-10(8-14)3-5-11/h2-7H,8-9,14H2,1H3,(H,15,16,17). The van der Waals surface area contributed by atoms with Gasteiger partial charge in [-0.2, -0.15) is 4.98 Å². The van der Waals surface area contributed by atoms with Gasteiger partial charge in [0.15, 0.2) is 0 Å². The van der Waals surface area contributed by atoms with E-state index in [9.17, 15) is 0 Å². The van der Waals surface area contributed by atoms with Crippen molar-refractivity contribution in [1.82, 2.24) is 9.97 Å². The smallest absolute Gasteiger partial charge is 0.226 e. The quantitative estimate of drug-likeness (QED) is 0.835. The maximum absolute atomic E-state index is 5.55. The number of aromatic nitrogens is 2. The van der Waals surface area contributed by atoms with Gasteiger partial charge in [0.05, 0.1) is 7.11 Å². The number of nitrogens with zero attached hydrogens (tertiary/aromatic N) is 2. The number of benzene rings is 1. The zero-order valence-electron chi connectivity index (χ0n) is 10.3. The molecule has 0 aliphatic rings. The highest BCUT2D eigenvalue weighted by Gasteiger charge is 1.99. The second-order valence-electron chi connectivity index (χ2n) is 3.80. The number of hydrogen-bond donors (Lipinski definition) is 2. The third-order valence-electron chi connectivity index (χ3n) is 2.55. The van der Waals surface area contributed by atoms with Crippen LogP contribution in [0.3, 0.4) is 0 Å². The van der Waals surface area contributed by atoms with Crippen molar-refractivity contribution in [3.63, 3.8) is 0 Å². The molecule has 0 bridgehead atoms. The molecule has 0 saturated heterocycles. The fourth-order valence-electron chi connectivity index (χ4n) is 1.52. The Labute approximate surface area is 106 Å². The molecule has 0 spiro atoms. The normalized spacial score (nSPS) is 10.1. The van der Waals surface area contributed by atoms with Gasteiger partial charge >= 0.3 is 0 Å². The predicted molar refractivity (Wildman–Crippen MR) is 70.2 cm³/mol. The lowest BCUT2D eigenvalue weighted by Crippen LogP contribution is -2.04. The Bertz CT molecular complexity index is 499. The molecule has 1 heterocycles. The first-order valence-corrected chi connectivity index (χ1v) is 5.70. The topological polar surface area (TPSA) is 73.1 Å². The maximum atomic E-state index is 5.55. The van der Waals surface area contributed by atoms with Crippen LogP contribution >= 0.6 is 0 Å². The summed E-state index contributed by atoms with van der Waals surface area (Å²) >= 11 is 0. The molecule has 0 aliphatic carbocycles. The Kier molecular flexibility index (Phi) is 4.09. The molecule has 0 radical (unpaired) electrons. The molecule has 0 amide bonds. The van der Waals surface area contributed by atoms with E-state index in [1.807, 2.05) is 24.3 Å². The van der Waals surface area contributed by atoms with Gasteiger partial charge in [0.2, 0.25) is 11.8 Å². The van der Waals surface area contributed by atoms with E-state index >= 15 is 0 Å². The minimum Gasteiger partial charge on any atom is -0.481 e. The highest BCUT2D eigenvalue weighted by Crippen LogP contribution is 2.09. The van der Waals surface area contributed by atoms with E-state index in [1.54, 1.807) is 19.4 Å². The van der Waals surface area contributed by atoms with Crippen molar-refractivity contribution in [2.45, 2.75) is 13.1 Å². The zero-order chi connectivity index (χ0) is 12.8. The molecule has 1 aromatic heterocycles. The number of rotatable bonds is 5. The van der Waals surface area contributed by atoms with Gasteiger partial charge in [0.25, 0.3) is 0 Å². The molecule has 0 fully saturated rings. The van der Waals surface area contributed by atoms with Crippen LogP contribution in [0.5, 0.6) is 5.88 Å². The Balaban J connectivity index is 1.97. The average molecular weight is 244 g/mol. The molecule has 2 aromatic rings. The van der Waals surface area contributed by atoms with E-state index in [-0.39, 0.29) is 0 Å². The Morgan fingerprint density at radius 3 is 2.56 bits per heavy atom. The van der Waals surface area contributed by atoms with Crippen LogP contribution < -0.4 is 15.8 Å². The largest absolute Gasteiger partial charge is 0.481 e. The van der Waals surface area contributed by atoms with E-state index in [0.29, 0.717) is 24.9 Å². The van der Waals surface area contributed by atoms with Crippen molar-refractivity contribution in [3.05, 3.63) is 47.7 Å². The highest BCUT2D eigenvalue weighted by molar-refractivity contribution is 5.30. The number of nitrogens with one attached hydrogen (secondary N) is 1. The van der Waals surface area contributed by atoms with Gasteiger partial charge in [0.1, 0.15) is 0 Å². The molecule has 0 aliphatic heterocycles. The molecule has 5 nitrogen and oxygen atoms in total. The molecule has 2 rings (SSSR count). The molecule has 94 valence electrons. The Morgan fingerprint density at radius 2 is 1.89 bits per heavy atom. The van der Waals surface area contributed by atoms with E-state index in [0.717, 1.165) is 11.1 Å². The van der Waals surface area contributed by atoms with E-state index in [2.05, 4.69) is 15.3 Å². The summed E-state index contributed by atoms with van der Waals surface area (Å²) < 4.78 is 5.03. The molecular formula is C13H16N4O. The van der Waals surface area contributed by atoms with Crippen LogP contribution in [0.2, 0.25) is 0 Å². The van der Waals surface area contributed by atoms with Gasteiger partial charge in [-0.1, -0.05) is 24.3 Å². The molecular weight excluding hydrogens is 228 g/mol. The minimum absolute atomic E-state index is 0.547.